The number of carbonyl (C=O) groups excluding carboxylic acids is 2. The van der Waals surface area contributed by atoms with E-state index in [0.717, 1.165) is 0 Å². The van der Waals surface area contributed by atoms with Crippen molar-refractivity contribution < 1.29 is 28.9 Å². The minimum absolute atomic E-state index is 0.0348. The van der Waals surface area contributed by atoms with Crippen molar-refractivity contribution in [1.29, 1.82) is 0 Å². The normalized spacial score (nSPS) is 24.7. The van der Waals surface area contributed by atoms with Crippen molar-refractivity contribution in [2.75, 3.05) is 52.4 Å². The second-order valence-corrected chi connectivity index (χ2v) is 6.40. The lowest BCUT2D eigenvalue weighted by molar-refractivity contribution is -1.05. The molecule has 0 aromatic rings. The fourth-order valence-corrected chi connectivity index (χ4v) is 2.54. The van der Waals surface area contributed by atoms with Gasteiger partial charge in [0.15, 0.2) is 0 Å². The van der Waals surface area contributed by atoms with E-state index in [2.05, 4.69) is 0 Å². The molecule has 0 amide bonds. The van der Waals surface area contributed by atoms with Gasteiger partial charge in [-0.2, -0.15) is 9.62 Å². The van der Waals surface area contributed by atoms with Gasteiger partial charge in [-0.25, -0.2) is 9.59 Å². The number of quaternary nitrogens is 2. The van der Waals surface area contributed by atoms with Crippen LogP contribution in [0.1, 0.15) is 12.8 Å². The Kier molecular flexibility index (Phi) is 6.84. The molecule has 2 fully saturated rings. The van der Waals surface area contributed by atoms with Crippen LogP contribution in [0, 0.1) is 20.8 Å². The van der Waals surface area contributed by atoms with E-state index in [1.54, 1.807) is 0 Å². The zero-order valence-electron chi connectivity index (χ0n) is 14.3. The van der Waals surface area contributed by atoms with Gasteiger partial charge in [0.05, 0.1) is 6.42 Å². The lowest BCUT2D eigenvalue weighted by Crippen LogP contribution is -2.57. The summed E-state index contributed by atoms with van der Waals surface area (Å²) < 4.78 is 0. The quantitative estimate of drug-likeness (QED) is 0.410. The molecule has 150 valence electrons. The maximum atomic E-state index is 12.2. The summed E-state index contributed by atoms with van der Waals surface area (Å²) >= 11 is 0. The Bertz CT molecular complexity index is 505. The van der Waals surface area contributed by atoms with Crippen molar-refractivity contribution >= 4 is 11.9 Å². The number of hydrogen-bond donors (Lipinski definition) is 1. The van der Waals surface area contributed by atoms with Gasteiger partial charge in [0.25, 0.3) is 0 Å². The molecule has 0 bridgehead atoms. The highest BCUT2D eigenvalue weighted by Gasteiger charge is 2.32. The third-order valence-electron chi connectivity index (χ3n) is 4.25. The second-order valence-electron chi connectivity index (χ2n) is 6.40. The lowest BCUT2D eigenvalue weighted by Gasteiger charge is -2.46. The maximum Gasteiger partial charge on any atom is 0.383 e. The molecular formula is C13H23N5O8-2. The van der Waals surface area contributed by atoms with E-state index in [1.165, 1.54) is 0 Å². The largest absolute Gasteiger partial charge is 0.785 e. The van der Waals surface area contributed by atoms with Crippen LogP contribution in [0.2, 0.25) is 0 Å². The molecule has 0 aliphatic carbocycles. The molecule has 2 saturated heterocycles. The Balaban J connectivity index is 1.72. The standard InChI is InChI=1S/C13H23N5O8/c14-11(13(20)26-18(24)9-5-16(22)6-10-18)1-2-12(19)25-17(23)7-3-15(21)4-8-17/h11H,1-10,14H2/q-2/t11-/m0/s1. The monoisotopic (exact) mass is 377 g/mol. The molecular weight excluding hydrogens is 354 g/mol. The van der Waals surface area contributed by atoms with Gasteiger partial charge in [0.2, 0.25) is 0 Å². The van der Waals surface area contributed by atoms with Crippen molar-refractivity contribution in [2.24, 2.45) is 5.73 Å². The SMILES string of the molecule is N[C@@H](CCC(=O)O[N+]1([O-])CCN([O-])CC1)C(=O)O[N+]1([O-])CCN([O-])CC1. The fraction of sp³-hybridized carbons (Fsp3) is 0.846. The van der Waals surface area contributed by atoms with E-state index in [9.17, 15) is 30.4 Å². The van der Waals surface area contributed by atoms with E-state index < -0.39 is 27.6 Å². The topological polar surface area (TPSA) is 177 Å². The average molecular weight is 377 g/mol. The highest BCUT2D eigenvalue weighted by Crippen LogP contribution is 2.15. The molecule has 1 atom stereocenters. The Morgan fingerprint density at radius 1 is 0.923 bits per heavy atom. The number of hydroxylamine groups is 12. The molecule has 2 heterocycles. The first kappa shape index (κ1) is 20.9. The van der Waals surface area contributed by atoms with Crippen LogP contribution in [0.4, 0.5) is 0 Å². The third kappa shape index (κ3) is 6.08. The molecule has 0 saturated carbocycles. The average Bonchev–Trinajstić information content (AvgIpc) is 2.58. The van der Waals surface area contributed by atoms with Gasteiger partial charge < -0.3 is 36.7 Å². The van der Waals surface area contributed by atoms with Gasteiger partial charge in [-0.1, -0.05) is 0 Å². The molecule has 2 aliphatic heterocycles. The first-order valence-corrected chi connectivity index (χ1v) is 8.33. The molecule has 0 aromatic heterocycles. The Hall–Kier alpha value is -1.42. The summed E-state index contributed by atoms with van der Waals surface area (Å²) in [6, 6.07) is -1.24. The Labute approximate surface area is 149 Å². The van der Waals surface area contributed by atoms with E-state index in [4.69, 9.17) is 15.4 Å². The van der Waals surface area contributed by atoms with Crippen LogP contribution in [0.25, 0.3) is 0 Å². The summed E-state index contributed by atoms with van der Waals surface area (Å²) in [6.07, 6.45) is -0.480. The van der Waals surface area contributed by atoms with E-state index >= 15 is 0 Å². The predicted octanol–water partition coefficient (Wildman–Crippen LogP) is -1.73. The van der Waals surface area contributed by atoms with Crippen LogP contribution < -0.4 is 5.73 Å². The van der Waals surface area contributed by atoms with Gasteiger partial charge >= 0.3 is 11.9 Å². The van der Waals surface area contributed by atoms with Crippen molar-refractivity contribution in [3.05, 3.63) is 20.8 Å². The molecule has 0 spiro atoms. The van der Waals surface area contributed by atoms with Crippen LogP contribution >= 0.6 is 0 Å². The van der Waals surface area contributed by atoms with Gasteiger partial charge in [-0.15, -0.1) is 0 Å². The molecule has 13 heteroatoms. The van der Waals surface area contributed by atoms with Crippen LogP contribution in [0.3, 0.4) is 0 Å². The Morgan fingerprint density at radius 3 is 1.81 bits per heavy atom. The molecule has 2 N–H and O–H groups in total. The minimum Gasteiger partial charge on any atom is -0.785 e. The molecule has 26 heavy (non-hydrogen) atoms. The third-order valence-corrected chi connectivity index (χ3v) is 4.25. The second kappa shape index (κ2) is 8.51. The molecule has 0 unspecified atom stereocenters. The van der Waals surface area contributed by atoms with Crippen LogP contribution in [0.15, 0.2) is 0 Å². The number of nitrogens with two attached hydrogens (primary N) is 1. The zero-order valence-corrected chi connectivity index (χ0v) is 14.3. The lowest BCUT2D eigenvalue weighted by atomic mass is 10.2. The first-order chi connectivity index (χ1) is 12.1. The first-order valence-electron chi connectivity index (χ1n) is 8.33. The number of hydrogen-bond acceptors (Lipinski definition) is 11. The predicted molar refractivity (Wildman–Crippen MR) is 86.0 cm³/mol. The Morgan fingerprint density at radius 2 is 1.35 bits per heavy atom. The molecule has 0 radical (unpaired) electrons. The van der Waals surface area contributed by atoms with Crippen molar-refractivity contribution in [3.63, 3.8) is 0 Å². The zero-order chi connectivity index (χ0) is 19.4. The van der Waals surface area contributed by atoms with E-state index in [1.807, 2.05) is 0 Å². The number of carbonyl (C=O) groups is 2. The van der Waals surface area contributed by atoms with Gasteiger partial charge in [0.1, 0.15) is 32.2 Å². The van der Waals surface area contributed by atoms with Crippen molar-refractivity contribution in [3.8, 4) is 0 Å². The molecule has 13 nitrogen and oxygen atoms in total. The van der Waals surface area contributed by atoms with Crippen molar-refractivity contribution in [1.82, 2.24) is 10.1 Å². The minimum atomic E-state index is -1.29. The summed E-state index contributed by atoms with van der Waals surface area (Å²) in [5.41, 5.74) is 5.62. The molecule has 2 aliphatic rings. The number of nitrogens with zero attached hydrogens (tertiary/aromatic N) is 4. The summed E-state index contributed by atoms with van der Waals surface area (Å²) in [6.45, 7) is -0.911. The summed E-state index contributed by atoms with van der Waals surface area (Å²) in [5, 5.41) is 47.8. The van der Waals surface area contributed by atoms with E-state index in [0.29, 0.717) is 10.1 Å². The highest BCUT2D eigenvalue weighted by molar-refractivity contribution is 5.76. The summed E-state index contributed by atoms with van der Waals surface area (Å²) in [4.78, 5) is 30.7. The highest BCUT2D eigenvalue weighted by atomic mass is 16.9. The molecule has 0 aromatic carbocycles. The van der Waals surface area contributed by atoms with Crippen LogP contribution in [-0.4, -0.2) is 90.1 Å². The van der Waals surface area contributed by atoms with Crippen LogP contribution in [0.5, 0.6) is 0 Å². The maximum absolute atomic E-state index is 12.2. The van der Waals surface area contributed by atoms with Crippen LogP contribution in [-0.2, 0) is 19.3 Å². The van der Waals surface area contributed by atoms with E-state index in [-0.39, 0.29) is 65.2 Å². The van der Waals surface area contributed by atoms with Gasteiger partial charge in [-0.05, 0) is 6.42 Å². The number of piperazine rings is 2. The summed E-state index contributed by atoms with van der Waals surface area (Å²) in [5.74, 6) is -1.84. The molecule has 2 rings (SSSR count). The summed E-state index contributed by atoms with van der Waals surface area (Å²) in [7, 11) is 0. The van der Waals surface area contributed by atoms with Gasteiger partial charge in [0, 0.05) is 26.2 Å². The van der Waals surface area contributed by atoms with Crippen molar-refractivity contribution in [2.45, 2.75) is 18.9 Å². The number of rotatable bonds is 6. The smallest absolute Gasteiger partial charge is 0.383 e. The fourth-order valence-electron chi connectivity index (χ4n) is 2.54. The van der Waals surface area contributed by atoms with Gasteiger partial charge in [-0.3, -0.25) is 9.68 Å².